The first kappa shape index (κ1) is 20.3. The minimum Gasteiger partial charge on any atom is -0.463 e. The van der Waals surface area contributed by atoms with Crippen LogP contribution >= 0.6 is 0 Å². The van der Waals surface area contributed by atoms with Crippen molar-refractivity contribution in [2.45, 2.75) is 51.7 Å². The number of carbonyl (C=O) groups is 2. The largest absolute Gasteiger partial charge is 0.463 e. The predicted octanol–water partition coefficient (Wildman–Crippen LogP) is 3.58. The number of hydrogen-bond acceptors (Lipinski definition) is 6. The van der Waals surface area contributed by atoms with E-state index in [1.807, 2.05) is 36.4 Å². The van der Waals surface area contributed by atoms with E-state index < -0.39 is 11.8 Å². The first-order valence-electron chi connectivity index (χ1n) is 10.4. The maximum Gasteiger partial charge on any atom is 0.311 e. The molecule has 0 aromatic heterocycles. The molecule has 0 aliphatic heterocycles. The van der Waals surface area contributed by atoms with Crippen LogP contribution in [0.3, 0.4) is 0 Å². The molecule has 3 aliphatic rings. The molecule has 30 heavy (non-hydrogen) atoms. The average molecular weight is 408 g/mol. The number of anilines is 2. The molecular formula is C24H28N2O4. The third-order valence-corrected chi connectivity index (χ3v) is 5.92. The van der Waals surface area contributed by atoms with Gasteiger partial charge in [0.15, 0.2) is 0 Å². The highest BCUT2D eigenvalue weighted by Gasteiger charge is 2.56. The van der Waals surface area contributed by atoms with Gasteiger partial charge < -0.3 is 20.9 Å². The second kappa shape index (κ2) is 7.35. The van der Waals surface area contributed by atoms with Gasteiger partial charge in [-0.1, -0.05) is 12.1 Å². The first-order valence-corrected chi connectivity index (χ1v) is 10.4. The molecule has 2 aromatic rings. The van der Waals surface area contributed by atoms with E-state index in [0.29, 0.717) is 11.4 Å². The Morgan fingerprint density at radius 3 is 1.40 bits per heavy atom. The number of benzene rings is 2. The summed E-state index contributed by atoms with van der Waals surface area (Å²) in [4.78, 5) is 26.6. The average Bonchev–Trinajstić information content (AvgIpc) is 2.65. The Kier molecular flexibility index (Phi) is 4.96. The van der Waals surface area contributed by atoms with Gasteiger partial charge in [-0.05, 0) is 74.2 Å². The molecule has 0 heterocycles. The van der Waals surface area contributed by atoms with Gasteiger partial charge in [0.1, 0.15) is 0 Å². The second-order valence-electron chi connectivity index (χ2n) is 8.75. The number of esters is 2. The molecule has 2 bridgehead atoms. The normalized spacial score (nSPS) is 23.8. The fourth-order valence-electron chi connectivity index (χ4n) is 5.00. The Morgan fingerprint density at radius 2 is 1.07 bits per heavy atom. The SMILES string of the molecule is CC(C)OC(=O)[C@@H]1[C@@H]2c3ccc(N)cc3[C@@H](c3ccc(N)cc32)[C@H]1C(=O)OC(C)C. The van der Waals surface area contributed by atoms with Gasteiger partial charge in [0, 0.05) is 23.2 Å². The summed E-state index contributed by atoms with van der Waals surface area (Å²) in [5.41, 5.74) is 17.3. The quantitative estimate of drug-likeness (QED) is 0.592. The molecule has 0 spiro atoms. The molecule has 0 amide bonds. The summed E-state index contributed by atoms with van der Waals surface area (Å²) in [5, 5.41) is 0. The third kappa shape index (κ3) is 3.20. The highest BCUT2D eigenvalue weighted by atomic mass is 16.6. The van der Waals surface area contributed by atoms with Gasteiger partial charge in [-0.25, -0.2) is 0 Å². The summed E-state index contributed by atoms with van der Waals surface area (Å²) in [6, 6.07) is 11.4. The monoisotopic (exact) mass is 408 g/mol. The van der Waals surface area contributed by atoms with Gasteiger partial charge in [-0.15, -0.1) is 0 Å². The fourth-order valence-corrected chi connectivity index (χ4v) is 5.00. The van der Waals surface area contributed by atoms with Crippen LogP contribution in [0.1, 0.15) is 61.8 Å². The standard InChI is InChI=1S/C24H28N2O4/c1-11(2)29-23(27)21-19-15-7-5-14(26)10-18(15)20(22(21)24(28)30-12(3)4)16-8-6-13(25)9-17(16)19/h5-12,19-22H,25-26H2,1-4H3/t19-,20-,21-,22-/m1/s1. The molecule has 6 heteroatoms. The summed E-state index contributed by atoms with van der Waals surface area (Å²) in [6.45, 7) is 7.23. The van der Waals surface area contributed by atoms with Crippen molar-refractivity contribution in [1.82, 2.24) is 0 Å². The van der Waals surface area contributed by atoms with E-state index in [2.05, 4.69) is 0 Å². The molecule has 5 rings (SSSR count). The van der Waals surface area contributed by atoms with Crippen LogP contribution in [0.2, 0.25) is 0 Å². The van der Waals surface area contributed by atoms with Crippen LogP contribution in [0.5, 0.6) is 0 Å². The van der Waals surface area contributed by atoms with Gasteiger partial charge in [0.05, 0.1) is 24.0 Å². The lowest BCUT2D eigenvalue weighted by Crippen LogP contribution is -2.48. The van der Waals surface area contributed by atoms with E-state index in [-0.39, 0.29) is 36.0 Å². The number of hydrogen-bond donors (Lipinski definition) is 2. The van der Waals surface area contributed by atoms with Crippen molar-refractivity contribution in [3.05, 3.63) is 58.7 Å². The summed E-state index contributed by atoms with van der Waals surface area (Å²) in [5.74, 6) is -2.84. The molecule has 158 valence electrons. The van der Waals surface area contributed by atoms with Crippen molar-refractivity contribution in [3.63, 3.8) is 0 Å². The van der Waals surface area contributed by atoms with Gasteiger partial charge in [-0.3, -0.25) is 9.59 Å². The number of fused-ring (bicyclic) bond motifs is 1. The second-order valence-corrected chi connectivity index (χ2v) is 8.75. The lowest BCUT2D eigenvalue weighted by atomic mass is 9.54. The fraction of sp³-hybridized carbons (Fsp3) is 0.417. The van der Waals surface area contributed by atoms with Crippen LogP contribution in [-0.4, -0.2) is 24.1 Å². The number of carbonyl (C=O) groups excluding carboxylic acids is 2. The van der Waals surface area contributed by atoms with Crippen molar-refractivity contribution < 1.29 is 19.1 Å². The summed E-state index contributed by atoms with van der Waals surface area (Å²) in [7, 11) is 0. The minimum absolute atomic E-state index is 0.286. The highest BCUT2D eigenvalue weighted by Crippen LogP contribution is 2.59. The molecule has 0 saturated carbocycles. The number of rotatable bonds is 4. The molecule has 2 aromatic carbocycles. The predicted molar refractivity (Wildman–Crippen MR) is 115 cm³/mol. The lowest BCUT2D eigenvalue weighted by molar-refractivity contribution is -0.167. The van der Waals surface area contributed by atoms with Gasteiger partial charge in [0.2, 0.25) is 0 Å². The van der Waals surface area contributed by atoms with E-state index in [1.165, 1.54) is 0 Å². The van der Waals surface area contributed by atoms with Crippen LogP contribution in [-0.2, 0) is 19.1 Å². The zero-order valence-electron chi connectivity index (χ0n) is 17.7. The molecule has 4 atom stereocenters. The number of nitrogens with two attached hydrogens (primary N) is 2. The van der Waals surface area contributed by atoms with E-state index in [1.54, 1.807) is 27.7 Å². The first-order chi connectivity index (χ1) is 14.2. The molecule has 0 fully saturated rings. The van der Waals surface area contributed by atoms with Crippen LogP contribution in [0.4, 0.5) is 11.4 Å². The number of ether oxygens (including phenoxy) is 2. The molecular weight excluding hydrogens is 380 g/mol. The van der Waals surface area contributed by atoms with Crippen molar-refractivity contribution >= 4 is 23.3 Å². The summed E-state index contributed by atoms with van der Waals surface area (Å²) in [6.07, 6.45) is -0.572. The van der Waals surface area contributed by atoms with Crippen molar-refractivity contribution in [2.75, 3.05) is 11.5 Å². The number of nitrogen functional groups attached to an aromatic ring is 2. The minimum atomic E-state index is -0.686. The van der Waals surface area contributed by atoms with Crippen LogP contribution in [0.25, 0.3) is 0 Å². The Bertz CT molecular complexity index is 933. The topological polar surface area (TPSA) is 105 Å². The Labute approximate surface area is 176 Å². The van der Waals surface area contributed by atoms with Crippen LogP contribution < -0.4 is 11.5 Å². The van der Waals surface area contributed by atoms with E-state index in [9.17, 15) is 9.59 Å². The Balaban J connectivity index is 1.95. The van der Waals surface area contributed by atoms with Crippen LogP contribution in [0, 0.1) is 11.8 Å². The maximum absolute atomic E-state index is 13.3. The molecule has 3 aliphatic carbocycles. The van der Waals surface area contributed by atoms with Gasteiger partial charge in [-0.2, -0.15) is 0 Å². The Morgan fingerprint density at radius 1 is 0.700 bits per heavy atom. The zero-order chi connectivity index (χ0) is 21.7. The Hall–Kier alpha value is -3.02. The van der Waals surface area contributed by atoms with Crippen molar-refractivity contribution in [3.8, 4) is 0 Å². The smallest absolute Gasteiger partial charge is 0.311 e. The molecule has 0 radical (unpaired) electrons. The van der Waals surface area contributed by atoms with Crippen LogP contribution in [0.15, 0.2) is 36.4 Å². The summed E-state index contributed by atoms with van der Waals surface area (Å²) < 4.78 is 11.2. The lowest BCUT2D eigenvalue weighted by Gasteiger charge is -2.48. The van der Waals surface area contributed by atoms with Crippen molar-refractivity contribution in [1.29, 1.82) is 0 Å². The van der Waals surface area contributed by atoms with Gasteiger partial charge in [0.25, 0.3) is 0 Å². The summed E-state index contributed by atoms with van der Waals surface area (Å²) >= 11 is 0. The van der Waals surface area contributed by atoms with Gasteiger partial charge >= 0.3 is 11.9 Å². The third-order valence-electron chi connectivity index (χ3n) is 5.92. The van der Waals surface area contributed by atoms with E-state index >= 15 is 0 Å². The molecule has 0 saturated heterocycles. The molecule has 6 nitrogen and oxygen atoms in total. The molecule has 0 unspecified atom stereocenters. The van der Waals surface area contributed by atoms with E-state index in [0.717, 1.165) is 22.3 Å². The maximum atomic E-state index is 13.3. The van der Waals surface area contributed by atoms with E-state index in [4.69, 9.17) is 20.9 Å². The highest BCUT2D eigenvalue weighted by molar-refractivity contribution is 5.88. The zero-order valence-corrected chi connectivity index (χ0v) is 17.7. The molecule has 4 N–H and O–H groups in total. The van der Waals surface area contributed by atoms with Crippen molar-refractivity contribution in [2.24, 2.45) is 11.8 Å².